The summed E-state index contributed by atoms with van der Waals surface area (Å²) < 4.78 is 0. The van der Waals surface area contributed by atoms with Gasteiger partial charge in [-0.2, -0.15) is 0 Å². The van der Waals surface area contributed by atoms with Crippen molar-refractivity contribution in [3.05, 3.63) is 45.9 Å². The highest BCUT2D eigenvalue weighted by molar-refractivity contribution is 7.99. The van der Waals surface area contributed by atoms with Crippen LogP contribution in [0, 0.1) is 0 Å². The van der Waals surface area contributed by atoms with E-state index >= 15 is 0 Å². The molecule has 0 aromatic carbocycles. The summed E-state index contributed by atoms with van der Waals surface area (Å²) in [5, 5.41) is 9.38. The lowest BCUT2D eigenvalue weighted by molar-refractivity contribution is -0.117. The number of fused-ring (bicyclic) bond motifs is 1. The van der Waals surface area contributed by atoms with Crippen LogP contribution in [0.2, 0.25) is 0 Å². The Kier molecular flexibility index (Phi) is 5.86. The van der Waals surface area contributed by atoms with Crippen LogP contribution in [0.4, 0.5) is 4.79 Å². The summed E-state index contributed by atoms with van der Waals surface area (Å²) in [6, 6.07) is 3.29. The number of hydrogen-bond donors (Lipinski definition) is 3. The highest BCUT2D eigenvalue weighted by atomic mass is 32.2. The molecule has 3 N–H and O–H groups in total. The Bertz CT molecular complexity index is 1010. The number of amides is 3. The first kappa shape index (κ1) is 18.4. The second-order valence-electron chi connectivity index (χ2n) is 5.01. The van der Waals surface area contributed by atoms with Crippen molar-refractivity contribution in [3.8, 4) is 10.4 Å². The van der Waals surface area contributed by atoms with Crippen molar-refractivity contribution < 1.29 is 9.59 Å². The number of nitrogens with one attached hydrogen (secondary N) is 3. The van der Waals surface area contributed by atoms with Crippen LogP contribution < -0.4 is 16.2 Å². The van der Waals surface area contributed by atoms with Gasteiger partial charge in [-0.05, 0) is 11.4 Å². The fourth-order valence-electron chi connectivity index (χ4n) is 2.12. The van der Waals surface area contributed by atoms with Crippen LogP contribution in [0.25, 0.3) is 20.7 Å². The molecule has 3 amide bonds. The van der Waals surface area contributed by atoms with E-state index < -0.39 is 11.9 Å². The van der Waals surface area contributed by atoms with Crippen LogP contribution in [-0.4, -0.2) is 34.2 Å². The first-order valence-electron chi connectivity index (χ1n) is 7.45. The molecule has 0 atom stereocenters. The van der Waals surface area contributed by atoms with Gasteiger partial charge in [0.2, 0.25) is 5.91 Å². The molecule has 3 rings (SSSR count). The summed E-state index contributed by atoms with van der Waals surface area (Å²) in [5.41, 5.74) is 0.619. The van der Waals surface area contributed by atoms with Gasteiger partial charge in [0, 0.05) is 22.4 Å². The molecule has 3 heterocycles. The summed E-state index contributed by atoms with van der Waals surface area (Å²) >= 11 is 4.00. The quantitative estimate of drug-likeness (QED) is 0.332. The number of carbonyl (C=O) groups is 2. The van der Waals surface area contributed by atoms with Gasteiger partial charge in [-0.3, -0.25) is 14.9 Å². The summed E-state index contributed by atoms with van der Waals surface area (Å²) in [5.74, 6) is -0.524. The van der Waals surface area contributed by atoms with Gasteiger partial charge in [0.05, 0.1) is 11.1 Å². The van der Waals surface area contributed by atoms with Crippen LogP contribution in [-0.2, 0) is 4.79 Å². The third kappa shape index (κ3) is 4.21. The van der Waals surface area contributed by atoms with Gasteiger partial charge in [-0.15, -0.1) is 29.3 Å². The molecule has 134 valence electrons. The average Bonchev–Trinajstić information content (AvgIpc) is 3.27. The van der Waals surface area contributed by atoms with Gasteiger partial charge in [0.1, 0.15) is 4.83 Å². The van der Waals surface area contributed by atoms with Gasteiger partial charge >= 0.3 is 6.03 Å². The number of aromatic amines is 1. The number of aromatic nitrogens is 2. The maximum atomic E-state index is 12.4. The average molecular weight is 407 g/mol. The number of H-pyrrole nitrogens is 1. The monoisotopic (exact) mass is 406 g/mol. The molecule has 3 aromatic heterocycles. The number of rotatable bonds is 6. The van der Waals surface area contributed by atoms with Crippen LogP contribution in [0.1, 0.15) is 0 Å². The highest BCUT2D eigenvalue weighted by Gasteiger charge is 2.15. The first-order valence-corrected chi connectivity index (χ1v) is 10.2. The molecule has 0 aliphatic rings. The van der Waals surface area contributed by atoms with Crippen molar-refractivity contribution in [2.24, 2.45) is 0 Å². The van der Waals surface area contributed by atoms with E-state index in [1.165, 1.54) is 17.4 Å². The van der Waals surface area contributed by atoms with E-state index in [2.05, 4.69) is 27.2 Å². The highest BCUT2D eigenvalue weighted by Crippen LogP contribution is 2.33. The van der Waals surface area contributed by atoms with E-state index in [-0.39, 0.29) is 17.9 Å². The Morgan fingerprint density at radius 1 is 1.38 bits per heavy atom. The molecule has 10 heteroatoms. The number of nitrogens with zero attached hydrogens (tertiary/aromatic N) is 1. The zero-order valence-corrected chi connectivity index (χ0v) is 15.9. The zero-order chi connectivity index (χ0) is 18.5. The van der Waals surface area contributed by atoms with Gasteiger partial charge in [0.25, 0.3) is 5.56 Å². The number of carbonyl (C=O) groups excluding carboxylic acids is 2. The second kappa shape index (κ2) is 8.30. The Balaban J connectivity index is 1.70. The fourth-order valence-corrected chi connectivity index (χ4v) is 4.60. The third-order valence-electron chi connectivity index (χ3n) is 3.21. The Labute approximate surface area is 160 Å². The maximum absolute atomic E-state index is 12.4. The largest absolute Gasteiger partial charge is 0.334 e. The van der Waals surface area contributed by atoms with Crippen molar-refractivity contribution in [2.75, 3.05) is 12.3 Å². The lowest BCUT2D eigenvalue weighted by Gasteiger charge is -2.04. The molecule has 7 nitrogen and oxygen atoms in total. The number of urea groups is 1. The molecule has 0 aliphatic carbocycles. The molecular formula is C16H14N4O3S3. The fraction of sp³-hybridized carbons (Fsp3) is 0.125. The van der Waals surface area contributed by atoms with Crippen molar-refractivity contribution in [3.63, 3.8) is 0 Å². The molecule has 0 radical (unpaired) electrons. The minimum Gasteiger partial charge on any atom is -0.334 e. The van der Waals surface area contributed by atoms with Crippen LogP contribution in [0.15, 0.2) is 45.5 Å². The standard InChI is InChI=1S/C16H14N4O3S3/c1-2-5-17-15(23)18-11(21)8-26-16-19-13(22)12-9(7-25-14(12)20-16)10-4-3-6-24-10/h2-4,6-7H,1,5,8H2,(H,19,20,22)(H2,17,18,21,23). The Hall–Kier alpha value is -2.43. The summed E-state index contributed by atoms with van der Waals surface area (Å²) in [4.78, 5) is 44.3. The topological polar surface area (TPSA) is 104 Å². The van der Waals surface area contributed by atoms with Crippen molar-refractivity contribution >= 4 is 56.6 Å². The molecule has 0 unspecified atom stereocenters. The van der Waals surface area contributed by atoms with E-state index in [0.717, 1.165) is 22.2 Å². The van der Waals surface area contributed by atoms with E-state index in [1.54, 1.807) is 11.3 Å². The second-order valence-corrected chi connectivity index (χ2v) is 7.78. The number of imide groups is 1. The molecule has 0 fully saturated rings. The molecule has 0 saturated carbocycles. The summed E-state index contributed by atoms with van der Waals surface area (Å²) in [6.07, 6.45) is 1.51. The molecular weight excluding hydrogens is 392 g/mol. The van der Waals surface area contributed by atoms with Crippen LogP contribution in [0.3, 0.4) is 0 Å². The zero-order valence-electron chi connectivity index (χ0n) is 13.4. The number of thiophene rings is 2. The maximum Gasteiger partial charge on any atom is 0.321 e. The van der Waals surface area contributed by atoms with Crippen LogP contribution in [0.5, 0.6) is 0 Å². The first-order chi connectivity index (χ1) is 12.6. The molecule has 26 heavy (non-hydrogen) atoms. The molecule has 0 spiro atoms. The molecule has 0 aliphatic heterocycles. The smallest absolute Gasteiger partial charge is 0.321 e. The lowest BCUT2D eigenvalue weighted by Crippen LogP contribution is -2.40. The Morgan fingerprint density at radius 3 is 2.96 bits per heavy atom. The van der Waals surface area contributed by atoms with Crippen LogP contribution >= 0.6 is 34.4 Å². The predicted molar refractivity (Wildman–Crippen MR) is 106 cm³/mol. The lowest BCUT2D eigenvalue weighted by atomic mass is 10.2. The molecule has 0 saturated heterocycles. The predicted octanol–water partition coefficient (Wildman–Crippen LogP) is 2.82. The Morgan fingerprint density at radius 2 is 2.23 bits per heavy atom. The summed E-state index contributed by atoms with van der Waals surface area (Å²) in [7, 11) is 0. The van der Waals surface area contributed by atoms with Gasteiger partial charge in [0.15, 0.2) is 5.16 Å². The van der Waals surface area contributed by atoms with Crippen molar-refractivity contribution in [1.29, 1.82) is 0 Å². The SMILES string of the molecule is C=CCNC(=O)NC(=O)CSc1nc2scc(-c3cccs3)c2c(=O)[nH]1. The molecule has 3 aromatic rings. The minimum absolute atomic E-state index is 0.0425. The number of hydrogen-bond acceptors (Lipinski definition) is 7. The van der Waals surface area contributed by atoms with E-state index in [9.17, 15) is 14.4 Å². The van der Waals surface area contributed by atoms with E-state index in [1.807, 2.05) is 22.9 Å². The summed E-state index contributed by atoms with van der Waals surface area (Å²) in [6.45, 7) is 3.73. The van der Waals surface area contributed by atoms with E-state index in [4.69, 9.17) is 0 Å². The van der Waals surface area contributed by atoms with E-state index in [0.29, 0.717) is 15.4 Å². The third-order valence-corrected chi connectivity index (χ3v) is 5.86. The van der Waals surface area contributed by atoms with Crippen molar-refractivity contribution in [2.45, 2.75) is 5.16 Å². The molecule has 0 bridgehead atoms. The number of thioether (sulfide) groups is 1. The normalized spacial score (nSPS) is 10.6. The van der Waals surface area contributed by atoms with Gasteiger partial charge in [-0.25, -0.2) is 9.78 Å². The van der Waals surface area contributed by atoms with Gasteiger partial charge < -0.3 is 10.3 Å². The van der Waals surface area contributed by atoms with Crippen molar-refractivity contribution in [1.82, 2.24) is 20.6 Å². The minimum atomic E-state index is -0.591. The van der Waals surface area contributed by atoms with Gasteiger partial charge in [-0.1, -0.05) is 23.9 Å².